The fraction of sp³-hybridized carbons (Fsp3) is 0.130. The molecule has 0 fully saturated rings. The summed E-state index contributed by atoms with van der Waals surface area (Å²) in [4.78, 5) is 24.5. The number of anilines is 1. The summed E-state index contributed by atoms with van der Waals surface area (Å²) in [5.74, 6) is -1.21. The van der Waals surface area contributed by atoms with Crippen molar-refractivity contribution in [2.75, 3.05) is 12.4 Å². The number of phenols is 1. The number of carbonyl (C=O) groups is 2. The van der Waals surface area contributed by atoms with Crippen molar-refractivity contribution < 1.29 is 27.9 Å². The molecule has 1 atom stereocenters. The molecule has 0 heterocycles. The summed E-state index contributed by atoms with van der Waals surface area (Å²) in [5.41, 5.74) is 1.16. The van der Waals surface area contributed by atoms with Crippen molar-refractivity contribution in [3.63, 3.8) is 0 Å². The highest BCUT2D eigenvalue weighted by Crippen LogP contribution is 2.23. The van der Waals surface area contributed by atoms with Crippen LogP contribution in [0.1, 0.15) is 15.9 Å². The molecule has 3 rings (SSSR count). The van der Waals surface area contributed by atoms with Crippen LogP contribution < -0.4 is 10.0 Å². The number of hydrogen-bond donors (Lipinski definition) is 3. The van der Waals surface area contributed by atoms with Crippen LogP contribution in [0.4, 0.5) is 5.69 Å². The lowest BCUT2D eigenvalue weighted by Crippen LogP contribution is -2.42. The maximum atomic E-state index is 12.9. The standard InChI is InChI=1S/C23H20Cl2N2O6S/c1-33-23(30)21(12-14-2-7-17(28)8-3-14)27-34(31,32)18-9-5-16(6-10-18)26-22(29)19-11-4-15(24)13-20(19)25/h2-11,13,21,27-28H,12H2,1H3,(H,26,29)/t21-/m0/s1. The van der Waals surface area contributed by atoms with Gasteiger partial charge in [-0.2, -0.15) is 4.72 Å². The lowest BCUT2D eigenvalue weighted by Gasteiger charge is -2.17. The molecule has 0 saturated heterocycles. The first kappa shape index (κ1) is 25.5. The summed E-state index contributed by atoms with van der Waals surface area (Å²) >= 11 is 11.9. The first-order valence-corrected chi connectivity index (χ1v) is 12.1. The van der Waals surface area contributed by atoms with Gasteiger partial charge in [0.05, 0.1) is 22.6 Å². The number of benzene rings is 3. The van der Waals surface area contributed by atoms with Gasteiger partial charge in [0.15, 0.2) is 0 Å². The number of nitrogens with one attached hydrogen (secondary N) is 2. The molecule has 0 aliphatic carbocycles. The molecule has 0 aliphatic heterocycles. The zero-order valence-electron chi connectivity index (χ0n) is 17.8. The van der Waals surface area contributed by atoms with Crippen molar-refractivity contribution in [1.82, 2.24) is 4.72 Å². The Labute approximate surface area is 206 Å². The van der Waals surface area contributed by atoms with E-state index < -0.39 is 27.9 Å². The fourth-order valence-electron chi connectivity index (χ4n) is 3.03. The molecule has 1 amide bonds. The predicted molar refractivity (Wildman–Crippen MR) is 129 cm³/mol. The zero-order valence-corrected chi connectivity index (χ0v) is 20.1. The Morgan fingerprint density at radius 1 is 1.00 bits per heavy atom. The highest BCUT2D eigenvalue weighted by atomic mass is 35.5. The number of methoxy groups -OCH3 is 1. The number of carbonyl (C=O) groups excluding carboxylic acids is 2. The molecule has 3 N–H and O–H groups in total. The van der Waals surface area contributed by atoms with Gasteiger partial charge >= 0.3 is 5.97 Å². The van der Waals surface area contributed by atoms with Crippen molar-refractivity contribution in [2.24, 2.45) is 0 Å². The molecular formula is C23H20Cl2N2O6S. The Hall–Kier alpha value is -3.11. The molecule has 8 nitrogen and oxygen atoms in total. The lowest BCUT2D eigenvalue weighted by molar-refractivity contribution is -0.142. The van der Waals surface area contributed by atoms with Gasteiger partial charge in [0.2, 0.25) is 10.0 Å². The Bertz CT molecular complexity index is 1300. The van der Waals surface area contributed by atoms with Gasteiger partial charge in [0.1, 0.15) is 11.8 Å². The van der Waals surface area contributed by atoms with Crippen LogP contribution in [0.3, 0.4) is 0 Å². The third-order valence-corrected chi connectivity index (χ3v) is 6.79. The Morgan fingerprint density at radius 2 is 1.65 bits per heavy atom. The smallest absolute Gasteiger partial charge is 0.324 e. The van der Waals surface area contributed by atoms with Crippen molar-refractivity contribution in [3.05, 3.63) is 87.9 Å². The van der Waals surface area contributed by atoms with Crippen LogP contribution in [-0.2, 0) is 26.0 Å². The van der Waals surface area contributed by atoms with Gasteiger partial charge in [-0.25, -0.2) is 8.42 Å². The number of amides is 1. The minimum absolute atomic E-state index is 0.0160. The van der Waals surface area contributed by atoms with Crippen LogP contribution in [0, 0.1) is 0 Å². The number of rotatable bonds is 8. The average Bonchev–Trinajstić information content (AvgIpc) is 2.79. The summed E-state index contributed by atoms with van der Waals surface area (Å²) in [6, 6.07) is 14.7. The molecule has 34 heavy (non-hydrogen) atoms. The average molecular weight is 523 g/mol. The number of hydrogen-bond acceptors (Lipinski definition) is 6. The number of phenolic OH excluding ortho intramolecular Hbond substituents is 1. The topological polar surface area (TPSA) is 122 Å². The highest BCUT2D eigenvalue weighted by molar-refractivity contribution is 7.89. The summed E-state index contributed by atoms with van der Waals surface area (Å²) in [6.07, 6.45) is 0.0160. The Kier molecular flexibility index (Phi) is 8.16. The predicted octanol–water partition coefficient (Wildman–Crippen LogP) is 4.01. The van der Waals surface area contributed by atoms with E-state index in [0.29, 0.717) is 16.3 Å². The van der Waals surface area contributed by atoms with Crippen molar-refractivity contribution >= 4 is 50.8 Å². The van der Waals surface area contributed by atoms with Crippen LogP contribution in [0.2, 0.25) is 10.0 Å². The van der Waals surface area contributed by atoms with E-state index in [9.17, 15) is 23.1 Å². The third kappa shape index (κ3) is 6.48. The monoisotopic (exact) mass is 522 g/mol. The van der Waals surface area contributed by atoms with Crippen molar-refractivity contribution in [1.29, 1.82) is 0 Å². The highest BCUT2D eigenvalue weighted by Gasteiger charge is 2.27. The summed E-state index contributed by atoms with van der Waals surface area (Å²) in [5, 5.41) is 12.6. The van der Waals surface area contributed by atoms with E-state index in [4.69, 9.17) is 27.9 Å². The molecule has 0 aromatic heterocycles. The summed E-state index contributed by atoms with van der Waals surface area (Å²) in [7, 11) is -2.94. The number of aromatic hydroxyl groups is 1. The van der Waals surface area contributed by atoms with E-state index >= 15 is 0 Å². The van der Waals surface area contributed by atoms with Crippen LogP contribution in [0.5, 0.6) is 5.75 Å². The number of esters is 1. The second-order valence-electron chi connectivity index (χ2n) is 7.17. The number of sulfonamides is 1. The van der Waals surface area contributed by atoms with Gasteiger partial charge < -0.3 is 15.2 Å². The molecule has 178 valence electrons. The lowest BCUT2D eigenvalue weighted by atomic mass is 10.1. The van der Waals surface area contributed by atoms with Gasteiger partial charge in [-0.3, -0.25) is 9.59 Å². The first-order chi connectivity index (χ1) is 16.1. The molecule has 3 aromatic carbocycles. The molecular weight excluding hydrogens is 503 g/mol. The van der Waals surface area contributed by atoms with Crippen LogP contribution in [0.15, 0.2) is 71.6 Å². The molecule has 0 radical (unpaired) electrons. The second kappa shape index (κ2) is 10.9. The normalized spacial score (nSPS) is 12.1. The van der Waals surface area contributed by atoms with Crippen LogP contribution in [-0.4, -0.2) is 38.6 Å². The van der Waals surface area contributed by atoms with E-state index in [0.717, 1.165) is 7.11 Å². The van der Waals surface area contributed by atoms with Gasteiger partial charge in [-0.05, 0) is 66.6 Å². The second-order valence-corrected chi connectivity index (χ2v) is 9.73. The van der Waals surface area contributed by atoms with E-state index in [1.165, 1.54) is 54.6 Å². The molecule has 0 spiro atoms. The fourth-order valence-corrected chi connectivity index (χ4v) is 4.71. The maximum absolute atomic E-state index is 12.9. The quantitative estimate of drug-likeness (QED) is 0.384. The largest absolute Gasteiger partial charge is 0.508 e. The van der Waals surface area contributed by atoms with Gasteiger partial charge in [0.25, 0.3) is 5.91 Å². The Morgan fingerprint density at radius 3 is 2.24 bits per heavy atom. The van der Waals surface area contributed by atoms with Crippen molar-refractivity contribution in [2.45, 2.75) is 17.4 Å². The minimum atomic E-state index is -4.10. The summed E-state index contributed by atoms with van der Waals surface area (Å²) < 4.78 is 32.8. The molecule has 3 aromatic rings. The van der Waals surface area contributed by atoms with Gasteiger partial charge in [-0.15, -0.1) is 0 Å². The molecule has 0 saturated carbocycles. The van der Waals surface area contributed by atoms with Crippen LogP contribution >= 0.6 is 23.2 Å². The molecule has 0 aliphatic rings. The molecule has 0 bridgehead atoms. The zero-order chi connectivity index (χ0) is 24.9. The Balaban J connectivity index is 1.73. The van der Waals surface area contributed by atoms with Gasteiger partial charge in [0, 0.05) is 10.7 Å². The number of ether oxygens (including phenoxy) is 1. The van der Waals surface area contributed by atoms with E-state index in [1.54, 1.807) is 12.1 Å². The maximum Gasteiger partial charge on any atom is 0.324 e. The summed E-state index contributed by atoms with van der Waals surface area (Å²) in [6.45, 7) is 0. The third-order valence-electron chi connectivity index (χ3n) is 4.76. The van der Waals surface area contributed by atoms with E-state index in [-0.39, 0.29) is 27.7 Å². The SMILES string of the molecule is COC(=O)[C@H](Cc1ccc(O)cc1)NS(=O)(=O)c1ccc(NC(=O)c2ccc(Cl)cc2Cl)cc1. The van der Waals surface area contributed by atoms with Crippen molar-refractivity contribution in [3.8, 4) is 5.75 Å². The van der Waals surface area contributed by atoms with E-state index in [2.05, 4.69) is 10.0 Å². The first-order valence-electron chi connectivity index (χ1n) is 9.83. The molecule has 0 unspecified atom stereocenters. The molecule has 11 heteroatoms. The van der Waals surface area contributed by atoms with Gasteiger partial charge in [-0.1, -0.05) is 35.3 Å². The number of halogens is 2. The minimum Gasteiger partial charge on any atom is -0.508 e. The van der Waals surface area contributed by atoms with E-state index in [1.807, 2.05) is 0 Å². The van der Waals surface area contributed by atoms with Crippen LogP contribution in [0.25, 0.3) is 0 Å².